The number of aryl methyl sites for hydroxylation is 1. The van der Waals surface area contributed by atoms with Gasteiger partial charge in [-0.05, 0) is 31.0 Å². The average Bonchev–Trinajstić information content (AvgIpc) is 3.01. The number of piperidine rings is 1. The summed E-state index contributed by atoms with van der Waals surface area (Å²) in [6.45, 7) is 1.57. The van der Waals surface area contributed by atoms with Crippen molar-refractivity contribution < 1.29 is 8.42 Å². The third-order valence-electron chi connectivity index (χ3n) is 4.54. The van der Waals surface area contributed by atoms with Gasteiger partial charge in [0, 0.05) is 58.4 Å². The van der Waals surface area contributed by atoms with Gasteiger partial charge in [-0.15, -0.1) is 0 Å². The van der Waals surface area contributed by atoms with E-state index in [1.54, 1.807) is 24.4 Å². The number of anilines is 2. The van der Waals surface area contributed by atoms with Crippen LogP contribution in [-0.2, 0) is 17.1 Å². The Morgan fingerprint density at radius 3 is 2.56 bits per heavy atom. The maximum absolute atomic E-state index is 12.7. The lowest BCUT2D eigenvalue weighted by molar-refractivity contribution is 0.454. The van der Waals surface area contributed by atoms with E-state index in [4.69, 9.17) is 0 Å². The van der Waals surface area contributed by atoms with Crippen LogP contribution < -0.4 is 14.5 Å². The lowest BCUT2D eigenvalue weighted by Gasteiger charge is -2.32. The summed E-state index contributed by atoms with van der Waals surface area (Å²) in [7, 11) is 2.25. The third-order valence-corrected chi connectivity index (χ3v) is 6.06. The van der Waals surface area contributed by atoms with E-state index in [1.165, 1.54) is 0 Å². The lowest BCUT2D eigenvalue weighted by Crippen LogP contribution is -2.45. The van der Waals surface area contributed by atoms with Gasteiger partial charge in [-0.1, -0.05) is 6.07 Å². The molecule has 0 aliphatic carbocycles. The minimum Gasteiger partial charge on any atom is -0.378 e. The predicted molar refractivity (Wildman–Crippen MR) is 99.5 cm³/mol. The van der Waals surface area contributed by atoms with Gasteiger partial charge in [0.05, 0.1) is 4.90 Å². The summed E-state index contributed by atoms with van der Waals surface area (Å²) < 4.78 is 30.2. The Morgan fingerprint density at radius 2 is 1.96 bits per heavy atom. The van der Waals surface area contributed by atoms with E-state index in [1.807, 2.05) is 42.9 Å². The van der Waals surface area contributed by atoms with E-state index in [0.29, 0.717) is 4.90 Å². The molecule has 7 nitrogen and oxygen atoms in total. The molecular weight excluding hydrogens is 338 g/mol. The first kappa shape index (κ1) is 17.8. The molecule has 2 aromatic rings. The zero-order chi connectivity index (χ0) is 18.0. The molecule has 0 bridgehead atoms. The van der Waals surface area contributed by atoms with Crippen molar-refractivity contribution in [2.24, 2.45) is 7.05 Å². The summed E-state index contributed by atoms with van der Waals surface area (Å²) >= 11 is 0. The Hall–Kier alpha value is -2.06. The maximum atomic E-state index is 12.7. The van der Waals surface area contributed by atoms with Crippen molar-refractivity contribution in [3.8, 4) is 0 Å². The number of imidazole rings is 1. The van der Waals surface area contributed by atoms with E-state index in [-0.39, 0.29) is 6.04 Å². The highest BCUT2D eigenvalue weighted by molar-refractivity contribution is 7.89. The molecule has 3 rings (SSSR count). The Bertz CT molecular complexity index is 823. The monoisotopic (exact) mass is 363 g/mol. The van der Waals surface area contributed by atoms with Gasteiger partial charge in [0.1, 0.15) is 0 Å². The van der Waals surface area contributed by atoms with E-state index >= 15 is 0 Å². The van der Waals surface area contributed by atoms with E-state index in [2.05, 4.69) is 14.6 Å². The second-order valence-corrected chi connectivity index (χ2v) is 8.33. The fourth-order valence-corrected chi connectivity index (χ4v) is 4.42. The quantitative estimate of drug-likeness (QED) is 0.870. The molecule has 0 amide bonds. The van der Waals surface area contributed by atoms with Crippen LogP contribution in [0.5, 0.6) is 0 Å². The van der Waals surface area contributed by atoms with Crippen molar-refractivity contribution >= 4 is 21.7 Å². The molecule has 1 saturated heterocycles. The summed E-state index contributed by atoms with van der Waals surface area (Å²) in [4.78, 5) is 8.75. The number of nitrogens with one attached hydrogen (secondary N) is 1. The molecule has 0 saturated carbocycles. The SMILES string of the molecule is CN(C)c1cccc(S(=O)(=O)NC2CCN(c3nccn3C)CC2)c1. The Morgan fingerprint density at radius 1 is 1.24 bits per heavy atom. The summed E-state index contributed by atoms with van der Waals surface area (Å²) in [5.74, 6) is 0.931. The summed E-state index contributed by atoms with van der Waals surface area (Å²) in [5, 5.41) is 0. The van der Waals surface area contributed by atoms with Crippen molar-refractivity contribution in [2.75, 3.05) is 37.0 Å². The smallest absolute Gasteiger partial charge is 0.240 e. The second-order valence-electron chi connectivity index (χ2n) is 6.61. The van der Waals surface area contributed by atoms with Crippen LogP contribution in [0.25, 0.3) is 0 Å². The van der Waals surface area contributed by atoms with E-state index in [0.717, 1.165) is 37.6 Å². The molecule has 1 fully saturated rings. The highest BCUT2D eigenvalue weighted by atomic mass is 32.2. The highest BCUT2D eigenvalue weighted by Gasteiger charge is 2.26. The summed E-state index contributed by atoms with van der Waals surface area (Å²) in [6, 6.07) is 6.95. The first-order chi connectivity index (χ1) is 11.9. The number of rotatable bonds is 5. The zero-order valence-corrected chi connectivity index (χ0v) is 15.7. The van der Waals surface area contributed by atoms with Gasteiger partial charge in [-0.25, -0.2) is 18.1 Å². The second kappa shape index (κ2) is 7.05. The van der Waals surface area contributed by atoms with Gasteiger partial charge in [-0.3, -0.25) is 0 Å². The number of hydrogen-bond donors (Lipinski definition) is 1. The zero-order valence-electron chi connectivity index (χ0n) is 14.9. The van der Waals surface area contributed by atoms with Crippen LogP contribution >= 0.6 is 0 Å². The highest BCUT2D eigenvalue weighted by Crippen LogP contribution is 2.21. The van der Waals surface area contributed by atoms with Crippen LogP contribution in [0.4, 0.5) is 11.6 Å². The fraction of sp³-hybridized carbons (Fsp3) is 0.471. The van der Waals surface area contributed by atoms with Crippen molar-refractivity contribution in [3.63, 3.8) is 0 Å². The number of sulfonamides is 1. The Kier molecular flexibility index (Phi) is 5.01. The van der Waals surface area contributed by atoms with Crippen molar-refractivity contribution in [1.82, 2.24) is 14.3 Å². The van der Waals surface area contributed by atoms with Gasteiger partial charge in [-0.2, -0.15) is 0 Å². The van der Waals surface area contributed by atoms with Crippen LogP contribution in [0.15, 0.2) is 41.6 Å². The normalized spacial score (nSPS) is 16.2. The topological polar surface area (TPSA) is 70.5 Å². The van der Waals surface area contributed by atoms with Crippen LogP contribution in [0.3, 0.4) is 0 Å². The molecule has 8 heteroatoms. The van der Waals surface area contributed by atoms with Crippen LogP contribution in [-0.4, -0.2) is 51.2 Å². The van der Waals surface area contributed by atoms with Gasteiger partial charge in [0.2, 0.25) is 16.0 Å². The van der Waals surface area contributed by atoms with Crippen molar-refractivity contribution in [2.45, 2.75) is 23.8 Å². The number of nitrogens with zero attached hydrogens (tertiary/aromatic N) is 4. The minimum atomic E-state index is -3.51. The summed E-state index contributed by atoms with van der Waals surface area (Å²) in [6.07, 6.45) is 5.22. The standard InChI is InChI=1S/C17H25N5O2S/c1-20(2)15-5-4-6-16(13-15)25(23,24)19-14-7-10-22(11-8-14)17-18-9-12-21(17)3/h4-6,9,12-14,19H,7-8,10-11H2,1-3H3. The fourth-order valence-electron chi connectivity index (χ4n) is 3.08. The molecular formula is C17H25N5O2S. The molecule has 0 atom stereocenters. The van der Waals surface area contributed by atoms with Crippen molar-refractivity contribution in [3.05, 3.63) is 36.7 Å². The van der Waals surface area contributed by atoms with Gasteiger partial charge < -0.3 is 14.4 Å². The molecule has 1 aromatic carbocycles. The maximum Gasteiger partial charge on any atom is 0.240 e. The largest absolute Gasteiger partial charge is 0.378 e. The molecule has 0 spiro atoms. The predicted octanol–water partition coefficient (Wildman–Crippen LogP) is 1.43. The van der Waals surface area contributed by atoms with Gasteiger partial charge in [0.15, 0.2) is 0 Å². The molecule has 1 aromatic heterocycles. The van der Waals surface area contributed by atoms with E-state index in [9.17, 15) is 8.42 Å². The van der Waals surface area contributed by atoms with Crippen LogP contribution in [0, 0.1) is 0 Å². The Labute approximate surface area is 149 Å². The summed E-state index contributed by atoms with van der Waals surface area (Å²) in [5.41, 5.74) is 0.868. The Balaban J connectivity index is 1.65. The lowest BCUT2D eigenvalue weighted by atomic mass is 10.1. The van der Waals surface area contributed by atoms with Crippen LogP contribution in [0.2, 0.25) is 0 Å². The molecule has 2 heterocycles. The molecule has 0 radical (unpaired) electrons. The number of benzene rings is 1. The molecule has 0 unspecified atom stereocenters. The molecule has 1 N–H and O–H groups in total. The molecule has 1 aliphatic heterocycles. The molecule has 136 valence electrons. The minimum absolute atomic E-state index is 0.0514. The first-order valence-electron chi connectivity index (χ1n) is 8.39. The molecule has 25 heavy (non-hydrogen) atoms. The van der Waals surface area contributed by atoms with Gasteiger partial charge in [0.25, 0.3) is 0 Å². The number of hydrogen-bond acceptors (Lipinski definition) is 5. The molecule has 1 aliphatic rings. The van der Waals surface area contributed by atoms with E-state index < -0.39 is 10.0 Å². The third kappa shape index (κ3) is 3.96. The van der Waals surface area contributed by atoms with Crippen LogP contribution in [0.1, 0.15) is 12.8 Å². The average molecular weight is 363 g/mol. The number of aromatic nitrogens is 2. The van der Waals surface area contributed by atoms with Crippen molar-refractivity contribution in [1.29, 1.82) is 0 Å². The van der Waals surface area contributed by atoms with Gasteiger partial charge >= 0.3 is 0 Å². The first-order valence-corrected chi connectivity index (χ1v) is 9.87.